The van der Waals surface area contributed by atoms with Crippen molar-refractivity contribution in [1.82, 2.24) is 10.2 Å². The zero-order valence-corrected chi connectivity index (χ0v) is 13.8. The number of carbonyl (C=O) groups is 1. The van der Waals surface area contributed by atoms with E-state index in [0.717, 1.165) is 25.8 Å². The molecule has 0 radical (unpaired) electrons. The molecular formula is C16H27F3N2O2. The van der Waals surface area contributed by atoms with Crippen LogP contribution in [0, 0.1) is 5.92 Å². The summed E-state index contributed by atoms with van der Waals surface area (Å²) in [5.41, 5.74) is -2.59. The monoisotopic (exact) mass is 336 g/mol. The van der Waals surface area contributed by atoms with Gasteiger partial charge < -0.3 is 15.3 Å². The van der Waals surface area contributed by atoms with E-state index in [-0.39, 0.29) is 43.6 Å². The number of rotatable bonds is 3. The molecule has 4 nitrogen and oxygen atoms in total. The predicted octanol–water partition coefficient (Wildman–Crippen LogP) is 2.46. The van der Waals surface area contributed by atoms with Crippen molar-refractivity contribution in [2.75, 3.05) is 13.6 Å². The van der Waals surface area contributed by atoms with Crippen LogP contribution in [0.5, 0.6) is 0 Å². The minimum atomic E-state index is -4.59. The minimum Gasteiger partial charge on any atom is -0.380 e. The Balaban J connectivity index is 1.83. The Hall–Kier alpha value is -0.820. The van der Waals surface area contributed by atoms with Gasteiger partial charge in [0, 0.05) is 18.0 Å². The van der Waals surface area contributed by atoms with Crippen molar-refractivity contribution in [2.45, 2.75) is 75.7 Å². The minimum absolute atomic E-state index is 0.0426. The lowest BCUT2D eigenvalue weighted by Gasteiger charge is -2.39. The number of alkyl halides is 3. The summed E-state index contributed by atoms with van der Waals surface area (Å²) >= 11 is 0. The maximum Gasteiger partial charge on any atom is 0.417 e. The fourth-order valence-corrected chi connectivity index (χ4v) is 3.73. The largest absolute Gasteiger partial charge is 0.417 e. The molecule has 0 aromatic carbocycles. The van der Waals surface area contributed by atoms with Gasteiger partial charge in [-0.1, -0.05) is 6.92 Å². The lowest BCUT2D eigenvalue weighted by atomic mass is 9.81. The second-order valence-corrected chi connectivity index (χ2v) is 7.08. The molecule has 2 fully saturated rings. The molecule has 1 saturated heterocycles. The van der Waals surface area contributed by atoms with Crippen molar-refractivity contribution in [3.63, 3.8) is 0 Å². The van der Waals surface area contributed by atoms with Crippen LogP contribution in [0.2, 0.25) is 0 Å². The highest BCUT2D eigenvalue weighted by atomic mass is 19.4. The molecule has 2 atom stereocenters. The van der Waals surface area contributed by atoms with Gasteiger partial charge in [-0.25, -0.2) is 0 Å². The number of aliphatic hydroxyl groups is 1. The molecule has 0 bridgehead atoms. The molecule has 2 rings (SSSR count). The van der Waals surface area contributed by atoms with Gasteiger partial charge in [0.1, 0.15) is 0 Å². The molecule has 1 heterocycles. The van der Waals surface area contributed by atoms with Crippen LogP contribution in [0.4, 0.5) is 13.2 Å². The number of nitrogens with zero attached hydrogens (tertiary/aromatic N) is 1. The van der Waals surface area contributed by atoms with E-state index < -0.39 is 11.8 Å². The molecular weight excluding hydrogens is 309 g/mol. The summed E-state index contributed by atoms with van der Waals surface area (Å²) in [6.45, 7) is 2.97. The maximum absolute atomic E-state index is 12.8. The van der Waals surface area contributed by atoms with Gasteiger partial charge in [-0.15, -0.1) is 0 Å². The van der Waals surface area contributed by atoms with Crippen LogP contribution in [0.25, 0.3) is 0 Å². The zero-order chi connectivity index (χ0) is 17.3. The van der Waals surface area contributed by atoms with Crippen molar-refractivity contribution >= 4 is 5.91 Å². The van der Waals surface area contributed by atoms with Gasteiger partial charge in [0.2, 0.25) is 5.91 Å². The second kappa shape index (κ2) is 6.97. The number of amides is 1. The van der Waals surface area contributed by atoms with Crippen molar-refractivity contribution < 1.29 is 23.1 Å². The Bertz CT molecular complexity index is 420. The van der Waals surface area contributed by atoms with Crippen LogP contribution >= 0.6 is 0 Å². The highest BCUT2D eigenvalue weighted by Gasteiger charge is 2.54. The van der Waals surface area contributed by atoms with Crippen molar-refractivity contribution in [1.29, 1.82) is 0 Å². The summed E-state index contributed by atoms with van der Waals surface area (Å²) in [4.78, 5) is 14.6. The van der Waals surface area contributed by atoms with Gasteiger partial charge in [0.25, 0.3) is 0 Å². The SMILES string of the molecule is CCC1CC(C(=O)N[C@H]2CC[C@@](O)(C(F)(F)F)CC2)CCN1C. The van der Waals surface area contributed by atoms with Gasteiger partial charge in [-0.2, -0.15) is 13.2 Å². The van der Waals surface area contributed by atoms with E-state index in [0.29, 0.717) is 6.04 Å². The first kappa shape index (κ1) is 18.5. The van der Waals surface area contributed by atoms with E-state index in [1.54, 1.807) is 0 Å². The number of nitrogens with one attached hydrogen (secondary N) is 1. The number of hydrogen-bond donors (Lipinski definition) is 2. The van der Waals surface area contributed by atoms with Gasteiger partial charge in [-0.3, -0.25) is 4.79 Å². The molecule has 1 saturated carbocycles. The van der Waals surface area contributed by atoms with E-state index in [2.05, 4.69) is 24.2 Å². The number of hydrogen-bond acceptors (Lipinski definition) is 3. The molecule has 0 aromatic rings. The van der Waals surface area contributed by atoms with Crippen LogP contribution in [-0.4, -0.2) is 53.4 Å². The molecule has 2 N–H and O–H groups in total. The van der Waals surface area contributed by atoms with Gasteiger partial charge in [0.15, 0.2) is 5.60 Å². The van der Waals surface area contributed by atoms with Crippen molar-refractivity contribution in [2.24, 2.45) is 5.92 Å². The van der Waals surface area contributed by atoms with E-state index in [4.69, 9.17) is 0 Å². The van der Waals surface area contributed by atoms with Crippen LogP contribution in [0.15, 0.2) is 0 Å². The molecule has 2 aliphatic rings. The summed E-state index contributed by atoms with van der Waals surface area (Å²) in [6.07, 6.45) is -2.35. The van der Waals surface area contributed by atoms with Gasteiger partial charge in [-0.05, 0) is 58.5 Å². The Kier molecular flexibility index (Phi) is 5.61. The van der Waals surface area contributed by atoms with Crippen molar-refractivity contribution in [3.05, 3.63) is 0 Å². The number of carbonyl (C=O) groups excluding carboxylic acids is 1. The molecule has 1 aliphatic heterocycles. The van der Waals surface area contributed by atoms with Crippen LogP contribution in [-0.2, 0) is 4.79 Å². The predicted molar refractivity (Wildman–Crippen MR) is 80.8 cm³/mol. The Labute approximate surface area is 135 Å². The molecule has 2 unspecified atom stereocenters. The van der Waals surface area contributed by atoms with Crippen LogP contribution < -0.4 is 5.32 Å². The molecule has 134 valence electrons. The van der Waals surface area contributed by atoms with E-state index >= 15 is 0 Å². The average Bonchev–Trinajstić information content (AvgIpc) is 2.49. The normalized spacial score (nSPS) is 36.7. The molecule has 23 heavy (non-hydrogen) atoms. The standard InChI is InChI=1S/C16H27F3N2O2/c1-3-13-10-11(6-9-21(13)2)14(22)20-12-4-7-15(23,8-5-12)16(17,18)19/h11-13,23H,3-10H2,1-2H3,(H,20,22)/t11?,12-,13?,15-. The highest BCUT2D eigenvalue weighted by molar-refractivity contribution is 5.79. The Morgan fingerprint density at radius 3 is 2.43 bits per heavy atom. The summed E-state index contributed by atoms with van der Waals surface area (Å²) in [5, 5.41) is 12.6. The lowest BCUT2D eigenvalue weighted by molar-refractivity contribution is -0.270. The quantitative estimate of drug-likeness (QED) is 0.832. The van der Waals surface area contributed by atoms with E-state index in [1.165, 1.54) is 0 Å². The molecule has 0 spiro atoms. The summed E-state index contributed by atoms with van der Waals surface area (Å²) in [6, 6.07) is 0.131. The molecule has 1 aliphatic carbocycles. The fraction of sp³-hybridized carbons (Fsp3) is 0.938. The number of piperidine rings is 1. The number of likely N-dealkylation sites (tertiary alicyclic amines) is 1. The fourth-order valence-electron chi connectivity index (χ4n) is 3.73. The summed E-state index contributed by atoms with van der Waals surface area (Å²) in [5.74, 6) is -0.0985. The zero-order valence-electron chi connectivity index (χ0n) is 13.8. The third kappa shape index (κ3) is 4.18. The summed E-state index contributed by atoms with van der Waals surface area (Å²) in [7, 11) is 2.06. The topological polar surface area (TPSA) is 52.6 Å². The Morgan fingerprint density at radius 1 is 1.30 bits per heavy atom. The first-order chi connectivity index (χ1) is 10.7. The van der Waals surface area contributed by atoms with E-state index in [9.17, 15) is 23.1 Å². The molecule has 0 aromatic heterocycles. The average molecular weight is 336 g/mol. The number of halogens is 3. The van der Waals surface area contributed by atoms with Crippen LogP contribution in [0.3, 0.4) is 0 Å². The molecule has 7 heteroatoms. The van der Waals surface area contributed by atoms with E-state index in [1.807, 2.05) is 0 Å². The third-order valence-electron chi connectivity index (χ3n) is 5.54. The molecule has 1 amide bonds. The maximum atomic E-state index is 12.8. The third-order valence-corrected chi connectivity index (χ3v) is 5.54. The second-order valence-electron chi connectivity index (χ2n) is 7.08. The van der Waals surface area contributed by atoms with Crippen molar-refractivity contribution in [3.8, 4) is 0 Å². The van der Waals surface area contributed by atoms with Crippen LogP contribution in [0.1, 0.15) is 51.9 Å². The first-order valence-corrected chi connectivity index (χ1v) is 8.46. The first-order valence-electron chi connectivity index (χ1n) is 8.46. The highest BCUT2D eigenvalue weighted by Crippen LogP contribution is 2.41. The smallest absolute Gasteiger partial charge is 0.380 e. The van der Waals surface area contributed by atoms with Gasteiger partial charge in [0.05, 0.1) is 0 Å². The van der Waals surface area contributed by atoms with Gasteiger partial charge >= 0.3 is 6.18 Å². The summed E-state index contributed by atoms with van der Waals surface area (Å²) < 4.78 is 38.3. The Morgan fingerprint density at radius 2 is 1.91 bits per heavy atom. The lowest BCUT2D eigenvalue weighted by Crippen LogP contribution is -2.52.